The van der Waals surface area contributed by atoms with E-state index in [4.69, 9.17) is 0 Å². The molecule has 1 aliphatic heterocycles. The normalized spacial score (nSPS) is 14.7. The summed E-state index contributed by atoms with van der Waals surface area (Å²) in [6.07, 6.45) is 10.2. The molecule has 1 aromatic carbocycles. The number of carbonyl (C=O) groups is 1. The number of hydrogen-bond donors (Lipinski definition) is 0. The number of aromatic nitrogens is 3. The molecular formula is C19H20N4O. The second-order valence-corrected chi connectivity index (χ2v) is 6.18. The van der Waals surface area contributed by atoms with E-state index in [0.717, 1.165) is 54.6 Å². The molecule has 3 heterocycles. The third kappa shape index (κ3) is 2.77. The van der Waals surface area contributed by atoms with E-state index in [-0.39, 0.29) is 0 Å². The highest BCUT2D eigenvalue weighted by Crippen LogP contribution is 2.27. The van der Waals surface area contributed by atoms with Crippen molar-refractivity contribution in [3.05, 3.63) is 49.1 Å². The summed E-state index contributed by atoms with van der Waals surface area (Å²) >= 11 is 0. The number of imidazole rings is 1. The lowest BCUT2D eigenvalue weighted by Crippen LogP contribution is -2.26. The van der Waals surface area contributed by atoms with Crippen LogP contribution in [-0.4, -0.2) is 38.4 Å². The molecule has 0 saturated carbocycles. The molecule has 1 aliphatic rings. The molecule has 24 heavy (non-hydrogen) atoms. The van der Waals surface area contributed by atoms with Crippen molar-refractivity contribution < 1.29 is 4.79 Å². The van der Waals surface area contributed by atoms with Gasteiger partial charge in [-0.05, 0) is 24.3 Å². The third-order valence-electron chi connectivity index (χ3n) is 4.64. The van der Waals surface area contributed by atoms with Gasteiger partial charge in [0.25, 0.3) is 0 Å². The Balaban J connectivity index is 1.55. The molecule has 1 saturated heterocycles. The molecule has 0 aliphatic carbocycles. The minimum atomic E-state index is 0.294. The molecule has 1 amide bonds. The molecule has 4 rings (SSSR count). The Morgan fingerprint density at radius 2 is 2.08 bits per heavy atom. The summed E-state index contributed by atoms with van der Waals surface area (Å²) in [5, 5.41) is 2.28. The number of fused-ring (bicyclic) bond motifs is 1. The van der Waals surface area contributed by atoms with Gasteiger partial charge in [-0.15, -0.1) is 0 Å². The Bertz CT molecular complexity index is 865. The van der Waals surface area contributed by atoms with E-state index >= 15 is 0 Å². The molecule has 5 nitrogen and oxygen atoms in total. The van der Waals surface area contributed by atoms with E-state index in [1.165, 1.54) is 0 Å². The van der Waals surface area contributed by atoms with Crippen LogP contribution in [0, 0.1) is 0 Å². The lowest BCUT2D eigenvalue weighted by Gasteiger charge is -2.16. The van der Waals surface area contributed by atoms with Crippen molar-refractivity contribution in [3.8, 4) is 11.4 Å². The molecule has 2 aromatic heterocycles. The van der Waals surface area contributed by atoms with Crippen molar-refractivity contribution in [2.75, 3.05) is 13.1 Å². The van der Waals surface area contributed by atoms with Gasteiger partial charge in [-0.25, -0.2) is 4.98 Å². The molecule has 0 spiro atoms. The Hall–Kier alpha value is -2.69. The molecule has 3 aromatic rings. The molecule has 5 heteroatoms. The van der Waals surface area contributed by atoms with Gasteiger partial charge in [0.15, 0.2) is 0 Å². The number of nitrogens with zero attached hydrogens (tertiary/aromatic N) is 4. The number of amides is 1. The fourth-order valence-electron chi connectivity index (χ4n) is 3.42. The summed E-state index contributed by atoms with van der Waals surface area (Å²) in [5.74, 6) is 1.27. The lowest BCUT2D eigenvalue weighted by molar-refractivity contribution is -0.127. The van der Waals surface area contributed by atoms with Gasteiger partial charge in [-0.2, -0.15) is 0 Å². The topological polar surface area (TPSA) is 51.0 Å². The quantitative estimate of drug-likeness (QED) is 0.726. The van der Waals surface area contributed by atoms with E-state index < -0.39 is 0 Å². The van der Waals surface area contributed by atoms with Crippen LogP contribution in [0.5, 0.6) is 0 Å². The van der Waals surface area contributed by atoms with Crippen LogP contribution in [-0.2, 0) is 11.3 Å². The van der Waals surface area contributed by atoms with Gasteiger partial charge in [-0.1, -0.05) is 18.2 Å². The fraction of sp³-hybridized carbons (Fsp3) is 0.316. The average Bonchev–Trinajstić information content (AvgIpc) is 3.24. The molecule has 0 N–H and O–H groups in total. The van der Waals surface area contributed by atoms with Gasteiger partial charge in [0.2, 0.25) is 5.91 Å². The van der Waals surface area contributed by atoms with Gasteiger partial charge >= 0.3 is 0 Å². The molecule has 122 valence electrons. The largest absolute Gasteiger partial charge is 0.343 e. The zero-order valence-electron chi connectivity index (χ0n) is 13.6. The SMILES string of the molecule is O=C1CCCN1CCCn1ccnc1-c1cccc2cnccc12. The monoisotopic (exact) mass is 320 g/mol. The highest BCUT2D eigenvalue weighted by atomic mass is 16.2. The summed E-state index contributed by atoms with van der Waals surface area (Å²) in [5.41, 5.74) is 1.12. The summed E-state index contributed by atoms with van der Waals surface area (Å²) < 4.78 is 2.18. The van der Waals surface area contributed by atoms with Gasteiger partial charge < -0.3 is 9.47 Å². The van der Waals surface area contributed by atoms with Crippen molar-refractivity contribution in [2.45, 2.75) is 25.8 Å². The van der Waals surface area contributed by atoms with Crippen LogP contribution >= 0.6 is 0 Å². The van der Waals surface area contributed by atoms with Crippen LogP contribution in [0.15, 0.2) is 49.1 Å². The second-order valence-electron chi connectivity index (χ2n) is 6.18. The minimum absolute atomic E-state index is 0.294. The first kappa shape index (κ1) is 14.9. The van der Waals surface area contributed by atoms with Crippen LogP contribution in [0.3, 0.4) is 0 Å². The predicted molar refractivity (Wildman–Crippen MR) is 93.4 cm³/mol. The van der Waals surface area contributed by atoms with Crippen molar-refractivity contribution in [2.24, 2.45) is 0 Å². The third-order valence-corrected chi connectivity index (χ3v) is 4.64. The number of pyridine rings is 1. The maximum atomic E-state index is 11.7. The number of benzene rings is 1. The standard InChI is InChI=1S/C19H20N4O/c24-18-6-2-10-22(18)11-3-12-23-13-9-21-19(23)17-5-1-4-15-14-20-8-7-16(15)17/h1,4-5,7-9,13-14H,2-3,6,10-12H2. The number of hydrogen-bond acceptors (Lipinski definition) is 3. The zero-order chi connectivity index (χ0) is 16.4. The van der Waals surface area contributed by atoms with Crippen LogP contribution < -0.4 is 0 Å². The van der Waals surface area contributed by atoms with E-state index in [2.05, 4.69) is 26.7 Å². The highest BCUT2D eigenvalue weighted by molar-refractivity contribution is 5.94. The van der Waals surface area contributed by atoms with Crippen LogP contribution in [0.1, 0.15) is 19.3 Å². The number of rotatable bonds is 5. The summed E-state index contributed by atoms with van der Waals surface area (Å²) in [7, 11) is 0. The molecular weight excluding hydrogens is 300 g/mol. The molecule has 0 atom stereocenters. The minimum Gasteiger partial charge on any atom is -0.343 e. The molecule has 1 fully saturated rings. The first-order valence-corrected chi connectivity index (χ1v) is 8.45. The molecule has 0 unspecified atom stereocenters. The lowest BCUT2D eigenvalue weighted by atomic mass is 10.1. The van der Waals surface area contributed by atoms with Crippen molar-refractivity contribution in [3.63, 3.8) is 0 Å². The van der Waals surface area contributed by atoms with E-state index in [9.17, 15) is 4.79 Å². The summed E-state index contributed by atoms with van der Waals surface area (Å²) in [4.78, 5) is 22.4. The second kappa shape index (κ2) is 6.43. The molecule has 0 radical (unpaired) electrons. The van der Waals surface area contributed by atoms with Crippen molar-refractivity contribution in [1.29, 1.82) is 0 Å². The first-order chi connectivity index (χ1) is 11.8. The maximum absolute atomic E-state index is 11.7. The van der Waals surface area contributed by atoms with Crippen LogP contribution in [0.2, 0.25) is 0 Å². The number of carbonyl (C=O) groups excluding carboxylic acids is 1. The first-order valence-electron chi connectivity index (χ1n) is 8.45. The number of aryl methyl sites for hydroxylation is 1. The van der Waals surface area contributed by atoms with Gasteiger partial charge in [0, 0.05) is 61.8 Å². The van der Waals surface area contributed by atoms with Gasteiger partial charge in [0.1, 0.15) is 5.82 Å². The zero-order valence-corrected chi connectivity index (χ0v) is 13.6. The Morgan fingerprint density at radius 1 is 1.12 bits per heavy atom. The average molecular weight is 320 g/mol. The van der Waals surface area contributed by atoms with E-state index in [1.54, 1.807) is 0 Å². The van der Waals surface area contributed by atoms with Crippen LogP contribution in [0.4, 0.5) is 0 Å². The van der Waals surface area contributed by atoms with Crippen LogP contribution in [0.25, 0.3) is 22.2 Å². The Kier molecular flexibility index (Phi) is 3.99. The van der Waals surface area contributed by atoms with Gasteiger partial charge in [0.05, 0.1) is 0 Å². The fourth-order valence-corrected chi connectivity index (χ4v) is 3.42. The molecule has 0 bridgehead atoms. The highest BCUT2D eigenvalue weighted by Gasteiger charge is 2.19. The Labute approximate surface area is 140 Å². The van der Waals surface area contributed by atoms with E-state index in [1.807, 2.05) is 41.8 Å². The Morgan fingerprint density at radius 3 is 2.96 bits per heavy atom. The maximum Gasteiger partial charge on any atom is 0.222 e. The summed E-state index contributed by atoms with van der Waals surface area (Å²) in [6.45, 7) is 2.60. The van der Waals surface area contributed by atoms with Crippen molar-refractivity contribution in [1.82, 2.24) is 19.4 Å². The smallest absolute Gasteiger partial charge is 0.222 e. The van der Waals surface area contributed by atoms with Gasteiger partial charge in [-0.3, -0.25) is 9.78 Å². The predicted octanol–water partition coefficient (Wildman–Crippen LogP) is 3.11. The summed E-state index contributed by atoms with van der Waals surface area (Å²) in [6, 6.07) is 8.25. The van der Waals surface area contributed by atoms with E-state index in [0.29, 0.717) is 12.3 Å². The van der Waals surface area contributed by atoms with Crippen molar-refractivity contribution >= 4 is 16.7 Å². The number of likely N-dealkylation sites (tertiary alicyclic amines) is 1.